The van der Waals surface area contributed by atoms with Crippen molar-refractivity contribution in [2.75, 3.05) is 4.90 Å². The van der Waals surface area contributed by atoms with Crippen LogP contribution in [0.5, 0.6) is 0 Å². The van der Waals surface area contributed by atoms with Crippen LogP contribution in [0.25, 0.3) is 39.0 Å². The highest BCUT2D eigenvalue weighted by Gasteiger charge is 2.46. The first-order valence-corrected chi connectivity index (χ1v) is 19.7. The van der Waals surface area contributed by atoms with Gasteiger partial charge in [0.05, 0.1) is 11.1 Å². The number of nitrogens with zero attached hydrogens (tertiary/aromatic N) is 1. The van der Waals surface area contributed by atoms with Crippen molar-refractivity contribution in [2.45, 2.75) is 18.3 Å². The van der Waals surface area contributed by atoms with Crippen molar-refractivity contribution in [2.24, 2.45) is 0 Å². The maximum absolute atomic E-state index is 2.47. The van der Waals surface area contributed by atoms with E-state index in [1.54, 1.807) is 0 Å². The first kappa shape index (κ1) is 33.6. The second-order valence-electron chi connectivity index (χ2n) is 14.7. The minimum absolute atomic E-state index is 0.486. The molecule has 0 aromatic heterocycles. The molecule has 0 atom stereocenters. The molecule has 0 unspecified atom stereocenters. The Morgan fingerprint density at radius 1 is 0.375 bits per heavy atom. The molecule has 0 saturated heterocycles. The molecule has 0 fully saturated rings. The Kier molecular flexibility index (Phi) is 8.61. The van der Waals surface area contributed by atoms with Gasteiger partial charge in [0.2, 0.25) is 0 Å². The number of anilines is 3. The van der Waals surface area contributed by atoms with Gasteiger partial charge in [-0.1, -0.05) is 194 Å². The number of para-hydroxylation sites is 1. The summed E-state index contributed by atoms with van der Waals surface area (Å²) in [6.45, 7) is 0. The molecule has 8 aromatic rings. The molecular weight excluding hydrogens is 675 g/mol. The summed E-state index contributed by atoms with van der Waals surface area (Å²) in [5, 5.41) is 0. The highest BCUT2D eigenvalue weighted by atomic mass is 15.1. The summed E-state index contributed by atoms with van der Waals surface area (Å²) < 4.78 is 0. The van der Waals surface area contributed by atoms with E-state index in [-0.39, 0.29) is 0 Å². The van der Waals surface area contributed by atoms with E-state index in [0.717, 1.165) is 29.9 Å². The molecule has 2 aliphatic carbocycles. The van der Waals surface area contributed by atoms with Gasteiger partial charge in [-0.05, 0) is 104 Å². The zero-order valence-corrected chi connectivity index (χ0v) is 31.2. The van der Waals surface area contributed by atoms with Crippen molar-refractivity contribution in [3.05, 3.63) is 252 Å². The number of rotatable bonds is 8. The largest absolute Gasteiger partial charge is 0.310 e. The van der Waals surface area contributed by atoms with Gasteiger partial charge in [0.25, 0.3) is 0 Å². The summed E-state index contributed by atoms with van der Waals surface area (Å²) in [6, 6.07) is 75.7. The van der Waals surface area contributed by atoms with Crippen LogP contribution in [0.3, 0.4) is 0 Å². The van der Waals surface area contributed by atoms with E-state index in [9.17, 15) is 0 Å². The van der Waals surface area contributed by atoms with Crippen LogP contribution in [0.2, 0.25) is 0 Å². The average molecular weight is 716 g/mol. The molecule has 10 rings (SSSR count). The van der Waals surface area contributed by atoms with Crippen LogP contribution in [0.4, 0.5) is 17.1 Å². The van der Waals surface area contributed by atoms with Crippen LogP contribution in [-0.4, -0.2) is 0 Å². The lowest BCUT2D eigenvalue weighted by molar-refractivity contribution is 0.768. The van der Waals surface area contributed by atoms with Crippen LogP contribution in [-0.2, 0) is 5.41 Å². The van der Waals surface area contributed by atoms with E-state index in [1.165, 1.54) is 66.8 Å². The van der Waals surface area contributed by atoms with E-state index in [2.05, 4.69) is 229 Å². The highest BCUT2D eigenvalue weighted by molar-refractivity contribution is 5.93. The molecule has 8 aromatic carbocycles. The standard InChI is InChI=1S/C55H41N/c1-5-17-40(18-6-1)41-29-31-42(32-30-41)43-33-35-47(36-34-43)56(54-28-16-14-25-49(54)44-19-7-2-8-20-44)48-37-38-51-50-26-13-15-27-52(50)55(53(51)39-48,45-21-9-3-10-22-45)46-23-11-4-12-24-46/h1,3-7,9-39H,2,8H2. The smallest absolute Gasteiger partial charge is 0.0714 e. The molecule has 266 valence electrons. The summed E-state index contributed by atoms with van der Waals surface area (Å²) in [5.74, 6) is 0. The summed E-state index contributed by atoms with van der Waals surface area (Å²) >= 11 is 0. The van der Waals surface area contributed by atoms with Gasteiger partial charge < -0.3 is 4.90 Å². The molecule has 0 saturated carbocycles. The van der Waals surface area contributed by atoms with Gasteiger partial charge in [0.15, 0.2) is 0 Å². The van der Waals surface area contributed by atoms with Crippen molar-refractivity contribution in [1.82, 2.24) is 0 Å². The Morgan fingerprint density at radius 3 is 1.50 bits per heavy atom. The van der Waals surface area contributed by atoms with Crippen molar-refractivity contribution in [3.63, 3.8) is 0 Å². The minimum Gasteiger partial charge on any atom is -0.310 e. The molecule has 1 heteroatoms. The fourth-order valence-corrected chi connectivity index (χ4v) is 9.01. The molecule has 56 heavy (non-hydrogen) atoms. The van der Waals surface area contributed by atoms with Gasteiger partial charge >= 0.3 is 0 Å². The normalized spacial score (nSPS) is 13.8. The third kappa shape index (κ3) is 5.72. The maximum Gasteiger partial charge on any atom is 0.0714 e. The molecular formula is C55H41N. The number of fused-ring (bicyclic) bond motifs is 3. The molecule has 1 nitrogen and oxygen atoms in total. The number of allylic oxidation sites excluding steroid dienone is 4. The van der Waals surface area contributed by atoms with Crippen LogP contribution in [0.1, 0.15) is 40.7 Å². The summed E-state index contributed by atoms with van der Waals surface area (Å²) in [7, 11) is 0. The first-order valence-electron chi connectivity index (χ1n) is 19.7. The van der Waals surface area contributed by atoms with Crippen molar-refractivity contribution in [3.8, 4) is 33.4 Å². The minimum atomic E-state index is -0.486. The van der Waals surface area contributed by atoms with Gasteiger partial charge in [-0.15, -0.1) is 0 Å². The summed E-state index contributed by atoms with van der Waals surface area (Å²) in [4.78, 5) is 2.46. The van der Waals surface area contributed by atoms with E-state index in [4.69, 9.17) is 0 Å². The van der Waals surface area contributed by atoms with Gasteiger partial charge in [0.1, 0.15) is 0 Å². The number of hydrogen-bond donors (Lipinski definition) is 0. The average Bonchev–Trinajstić information content (AvgIpc) is 3.58. The molecule has 0 N–H and O–H groups in total. The molecule has 0 bridgehead atoms. The summed E-state index contributed by atoms with van der Waals surface area (Å²) in [5.41, 5.74) is 18.0. The molecule has 0 heterocycles. The lowest BCUT2D eigenvalue weighted by Crippen LogP contribution is -2.28. The second kappa shape index (κ2) is 14.4. The Balaban J connectivity index is 1.16. The predicted octanol–water partition coefficient (Wildman–Crippen LogP) is 14.6. The molecule has 0 spiro atoms. The van der Waals surface area contributed by atoms with E-state index >= 15 is 0 Å². The Morgan fingerprint density at radius 2 is 0.875 bits per heavy atom. The number of benzene rings is 8. The third-order valence-corrected chi connectivity index (χ3v) is 11.6. The molecule has 2 aliphatic rings. The topological polar surface area (TPSA) is 3.24 Å². The summed E-state index contributed by atoms with van der Waals surface area (Å²) in [6.07, 6.45) is 9.10. The predicted molar refractivity (Wildman–Crippen MR) is 236 cm³/mol. The highest BCUT2D eigenvalue weighted by Crippen LogP contribution is 2.57. The van der Waals surface area contributed by atoms with E-state index in [0.29, 0.717) is 0 Å². The fraction of sp³-hybridized carbons (Fsp3) is 0.0545. The third-order valence-electron chi connectivity index (χ3n) is 11.6. The van der Waals surface area contributed by atoms with Gasteiger partial charge in [0, 0.05) is 16.9 Å². The molecule has 0 amide bonds. The second-order valence-corrected chi connectivity index (χ2v) is 14.7. The lowest BCUT2D eigenvalue weighted by atomic mass is 9.67. The quantitative estimate of drug-likeness (QED) is 0.151. The van der Waals surface area contributed by atoms with E-state index < -0.39 is 5.41 Å². The van der Waals surface area contributed by atoms with Crippen LogP contribution < -0.4 is 4.90 Å². The lowest BCUT2D eigenvalue weighted by Gasteiger charge is -2.35. The van der Waals surface area contributed by atoms with E-state index in [1.807, 2.05) is 0 Å². The zero-order chi connectivity index (χ0) is 37.3. The Labute approximate surface area is 330 Å². The van der Waals surface area contributed by atoms with Crippen LogP contribution in [0, 0.1) is 0 Å². The SMILES string of the molecule is C1=CC(c2ccccc2N(c2ccc(-c3ccc(-c4ccccc4)cc3)cc2)c2ccc3c(c2)C(c2ccccc2)(c2ccccc2)c2ccccc2-3)=CCC1. The van der Waals surface area contributed by atoms with Gasteiger partial charge in [-0.2, -0.15) is 0 Å². The first-order chi connectivity index (χ1) is 27.8. The molecule has 0 radical (unpaired) electrons. The maximum atomic E-state index is 2.47. The van der Waals surface area contributed by atoms with Crippen molar-refractivity contribution < 1.29 is 0 Å². The number of hydrogen-bond acceptors (Lipinski definition) is 1. The Bertz CT molecular complexity index is 2670. The van der Waals surface area contributed by atoms with Crippen LogP contribution in [0.15, 0.2) is 224 Å². The Hall–Kier alpha value is -6.96. The zero-order valence-electron chi connectivity index (χ0n) is 31.2. The molecule has 0 aliphatic heterocycles. The van der Waals surface area contributed by atoms with Crippen molar-refractivity contribution >= 4 is 22.6 Å². The van der Waals surface area contributed by atoms with Crippen molar-refractivity contribution in [1.29, 1.82) is 0 Å². The van der Waals surface area contributed by atoms with Gasteiger partial charge in [-0.3, -0.25) is 0 Å². The monoisotopic (exact) mass is 715 g/mol. The fourth-order valence-electron chi connectivity index (χ4n) is 9.01. The van der Waals surface area contributed by atoms with Gasteiger partial charge in [-0.25, -0.2) is 0 Å². The van der Waals surface area contributed by atoms with Crippen LogP contribution >= 0.6 is 0 Å².